The molecule has 9 rings (SSSR count). The van der Waals surface area contributed by atoms with Gasteiger partial charge in [-0.3, -0.25) is 43.4 Å². The molecular weight excluding hydrogens is 1280 g/mol. The number of aliphatic hydroxyl groups is 6. The van der Waals surface area contributed by atoms with Gasteiger partial charge in [0.1, 0.15) is 46.3 Å². The van der Waals surface area contributed by atoms with Gasteiger partial charge in [0.25, 0.3) is 18.2 Å². The molecule has 4 aliphatic rings. The standard InChI is InChI=1S/C61H73N11O19S2.Na/c1-30-28-72-51(52(30)80)57(85)63-27-39(74)24-41(64-53(81)35-9-11-36(12-10-35)58-68-69-59(92-58)37-13-15-38(16-14-37)70-20-18-34(19-21-70)33-6-4-3-5-7-33)54(82)65-48(31(2)73)60(86)71-29-40(75)25-42(71)55(83)66-49(56(84)67-50(61(72)87)45(78)26-47(62)79)44(77)22-32-8-17-43(76)46(23-32)89-93-91-90-88;/h3-17,23,30-31,34,39-42,44-45,48-52,73-78,80,88H,18-22,24-29H2,1-2H3,(H2,62,79)(H,63,85)(H,64,81)(H,65,82)(H,66,83)(H,67,84);/q;+1/p-1/t30?,31?,39?,40?,41-,42?,44?,45?,48?,49?,50?,51?,52?;/m0./s1. The number of aromatic hydroxyl groups is 1. The first-order chi connectivity index (χ1) is 44.5. The van der Waals surface area contributed by atoms with Crippen molar-refractivity contribution in [2.45, 2.75) is 131 Å². The van der Waals surface area contributed by atoms with E-state index in [9.17, 15) is 79.4 Å². The molecule has 33 heteroatoms. The number of rotatable bonds is 17. The van der Waals surface area contributed by atoms with Crippen LogP contribution in [0.5, 0.6) is 11.5 Å². The van der Waals surface area contributed by atoms with E-state index in [1.54, 1.807) is 12.1 Å². The minimum Gasteiger partial charge on any atom is -0.691 e. The SMILES string of the molecule is CC(O)C1NC(=O)[C@@H](NC(=O)c2ccc(-c3nnc(-c4ccc(N5CCC(c6ccccc6)CC5)cc4)s3)cc2)CC(O)CNC(=O)C2C(O)C(C)CN2C(=O)C(C(O)CC(N)=O)NC(=O)C(C(O)Cc2ccc(O)c(OSOO[O-])c2)NC(=O)C2CC(O)CN2C1=O.[Na+]. The van der Waals surface area contributed by atoms with Crippen LogP contribution in [-0.4, -0.2) is 209 Å². The van der Waals surface area contributed by atoms with Gasteiger partial charge in [-0.15, -0.1) is 14.5 Å². The fourth-order valence-corrected chi connectivity index (χ4v) is 13.0. The number of carbonyl (C=O) groups excluding carboxylic acids is 8. The number of piperidine rings is 1. The summed E-state index contributed by atoms with van der Waals surface area (Å²) in [5.41, 5.74) is 9.40. The van der Waals surface area contributed by atoms with Crippen molar-refractivity contribution in [1.29, 1.82) is 0 Å². The summed E-state index contributed by atoms with van der Waals surface area (Å²) < 4.78 is 9.16. The number of nitrogens with one attached hydrogen (secondary N) is 5. The van der Waals surface area contributed by atoms with E-state index >= 15 is 0 Å². The van der Waals surface area contributed by atoms with Gasteiger partial charge >= 0.3 is 29.6 Å². The zero-order valence-corrected chi connectivity index (χ0v) is 54.9. The van der Waals surface area contributed by atoms with Gasteiger partial charge in [-0.25, -0.2) is 0 Å². The number of primary amides is 1. The van der Waals surface area contributed by atoms with Gasteiger partial charge in [-0.1, -0.05) is 66.8 Å². The molecule has 94 heavy (non-hydrogen) atoms. The van der Waals surface area contributed by atoms with Crippen LogP contribution in [0, 0.1) is 5.92 Å². The molecule has 4 aromatic carbocycles. The number of β-amino-alcohol motifs (C(OH)–C–C–N with tert-alkyl or cyclic N) is 1. The Morgan fingerprint density at radius 2 is 1.39 bits per heavy atom. The molecular formula is C61H72N11NaO19S2. The van der Waals surface area contributed by atoms with Crippen molar-refractivity contribution in [3.05, 3.63) is 114 Å². The molecule has 0 radical (unpaired) electrons. The molecule has 14 N–H and O–H groups in total. The smallest absolute Gasteiger partial charge is 0.691 e. The van der Waals surface area contributed by atoms with Crippen molar-refractivity contribution in [2.75, 3.05) is 37.6 Å². The third-order valence-electron chi connectivity index (χ3n) is 16.9. The average Bonchev–Trinajstić information content (AvgIpc) is 1.62. The van der Waals surface area contributed by atoms with E-state index in [0.717, 1.165) is 66.0 Å². The number of amides is 8. The van der Waals surface area contributed by atoms with Crippen molar-refractivity contribution < 1.29 is 122 Å². The number of anilines is 1. The van der Waals surface area contributed by atoms with Crippen LogP contribution < -0.4 is 76.2 Å². The Balaban J connectivity index is 0.0000113. The topological polar surface area (TPSA) is 451 Å². The Kier molecular flexibility index (Phi) is 25.3. The van der Waals surface area contributed by atoms with E-state index in [2.05, 4.69) is 87.5 Å². The Hall–Kier alpha value is -7.41. The number of phenols is 1. The second-order valence-corrected chi connectivity index (χ2v) is 24.9. The van der Waals surface area contributed by atoms with Crippen LogP contribution in [0.4, 0.5) is 5.69 Å². The van der Waals surface area contributed by atoms with Crippen molar-refractivity contribution in [2.24, 2.45) is 11.7 Å². The van der Waals surface area contributed by atoms with E-state index in [-0.39, 0.29) is 58.8 Å². The van der Waals surface area contributed by atoms with E-state index in [0.29, 0.717) is 21.5 Å². The minimum absolute atomic E-state index is 0. The number of aromatic nitrogens is 2. The third kappa shape index (κ3) is 17.7. The maximum atomic E-state index is 14.7. The van der Waals surface area contributed by atoms with E-state index < -0.39 is 177 Å². The van der Waals surface area contributed by atoms with Crippen LogP contribution in [0.2, 0.25) is 0 Å². The van der Waals surface area contributed by atoms with E-state index in [1.807, 2.05) is 18.2 Å². The molecule has 0 saturated carbocycles. The van der Waals surface area contributed by atoms with Gasteiger partial charge in [0.05, 0.1) is 43.0 Å². The first-order valence-corrected chi connectivity index (χ1v) is 31.4. The van der Waals surface area contributed by atoms with Crippen molar-refractivity contribution in [1.82, 2.24) is 46.6 Å². The van der Waals surface area contributed by atoms with E-state index in [1.165, 1.54) is 42.0 Å². The molecule has 0 aliphatic carbocycles. The zero-order chi connectivity index (χ0) is 66.8. The predicted octanol–water partition coefficient (Wildman–Crippen LogP) is -5.04. The maximum Gasteiger partial charge on any atom is 1.00 e. The summed E-state index contributed by atoms with van der Waals surface area (Å²) in [6.07, 6.45) is -11.6. The second kappa shape index (κ2) is 32.8. The molecule has 30 nitrogen and oxygen atoms in total. The quantitative estimate of drug-likeness (QED) is 0.0136. The molecule has 5 heterocycles. The number of nitrogens with two attached hydrogens (primary N) is 1. The molecule has 13 atom stereocenters. The van der Waals surface area contributed by atoms with Gasteiger partial charge in [0.15, 0.2) is 11.5 Å². The first kappa shape index (κ1) is 72.4. The van der Waals surface area contributed by atoms with Crippen LogP contribution in [0.3, 0.4) is 0 Å². The zero-order valence-electron chi connectivity index (χ0n) is 51.3. The fourth-order valence-electron chi connectivity index (χ4n) is 11.9. The number of hydrogen-bond donors (Lipinski definition) is 13. The maximum absolute atomic E-state index is 14.7. The van der Waals surface area contributed by atoms with E-state index in [4.69, 9.17) is 9.92 Å². The predicted molar refractivity (Wildman–Crippen MR) is 329 cm³/mol. The largest absolute Gasteiger partial charge is 1.00 e. The van der Waals surface area contributed by atoms with Crippen LogP contribution in [-0.2, 0) is 49.4 Å². The first-order valence-electron chi connectivity index (χ1n) is 29.9. The Morgan fingerprint density at radius 1 is 0.766 bits per heavy atom. The fraction of sp³-hybridized carbons (Fsp3) is 0.443. The molecule has 5 aromatic rings. The average molecular weight is 1350 g/mol. The Morgan fingerprint density at radius 3 is 2.03 bits per heavy atom. The molecule has 0 bridgehead atoms. The molecule has 12 unspecified atom stereocenters. The number of nitrogens with zero attached hydrogens (tertiary/aromatic N) is 5. The summed E-state index contributed by atoms with van der Waals surface area (Å²) in [6.45, 7) is 2.71. The summed E-state index contributed by atoms with van der Waals surface area (Å²) in [7, 11) is 0. The van der Waals surface area contributed by atoms with Gasteiger partial charge < -0.3 is 92.2 Å². The molecule has 0 spiro atoms. The van der Waals surface area contributed by atoms with Gasteiger partial charge in [0, 0.05) is 80.3 Å². The molecule has 4 aliphatic heterocycles. The normalized spacial score (nSPS) is 25.4. The van der Waals surface area contributed by atoms with Gasteiger partial charge in [0.2, 0.25) is 41.4 Å². The number of hydrogen-bond acceptors (Lipinski definition) is 24. The molecule has 1 aromatic heterocycles. The number of phenolic OH excluding ortho intramolecular Hbond substituents is 1. The molecule has 498 valence electrons. The van der Waals surface area contributed by atoms with Gasteiger partial charge in [-0.2, -0.15) is 0 Å². The van der Waals surface area contributed by atoms with Crippen LogP contribution in [0.15, 0.2) is 97.1 Å². The summed E-state index contributed by atoms with van der Waals surface area (Å²) >= 11 is 1.32. The van der Waals surface area contributed by atoms with Gasteiger partial charge in [-0.05, 0) is 85.3 Å². The Labute approximate surface area is 569 Å². The van der Waals surface area contributed by atoms with Crippen molar-refractivity contribution in [3.63, 3.8) is 0 Å². The minimum atomic E-state index is -2.22. The molecule has 4 fully saturated rings. The monoisotopic (exact) mass is 1350 g/mol. The summed E-state index contributed by atoms with van der Waals surface area (Å²) in [4.78, 5) is 118. The third-order valence-corrected chi connectivity index (χ3v) is 18.2. The number of carbonyl (C=O) groups is 8. The molecule has 4 saturated heterocycles. The second-order valence-electron chi connectivity index (χ2n) is 23.5. The molecule has 8 amide bonds. The number of benzene rings is 4. The van der Waals surface area contributed by atoms with Crippen molar-refractivity contribution >= 4 is 76.6 Å². The van der Waals surface area contributed by atoms with Crippen molar-refractivity contribution in [3.8, 4) is 32.6 Å². The van der Waals surface area contributed by atoms with Crippen LogP contribution >= 0.6 is 23.7 Å². The summed E-state index contributed by atoms with van der Waals surface area (Å²) in [5.74, 6) is -10.6. The summed E-state index contributed by atoms with van der Waals surface area (Å²) in [5, 5.41) is 114. The summed E-state index contributed by atoms with van der Waals surface area (Å²) in [6, 6.07) is 16.5. The Bertz CT molecular complexity index is 3480. The van der Waals surface area contributed by atoms with Crippen LogP contribution in [0.1, 0.15) is 73.4 Å². The number of fused-ring (bicyclic) bond motifs is 2. The van der Waals surface area contributed by atoms with Crippen LogP contribution in [0.25, 0.3) is 21.1 Å². The number of aliphatic hydroxyl groups excluding tert-OH is 6.